The third-order valence-corrected chi connectivity index (χ3v) is 3.16. The number of aliphatic imine (C=N–C) groups is 1. The Morgan fingerprint density at radius 1 is 1.00 bits per heavy atom. The summed E-state index contributed by atoms with van der Waals surface area (Å²) in [6, 6.07) is 21.4. The van der Waals surface area contributed by atoms with Crippen LogP contribution in [0.1, 0.15) is 17.5 Å². The Labute approximate surface area is 130 Å². The van der Waals surface area contributed by atoms with Crippen LogP contribution in [0.3, 0.4) is 0 Å². The molecule has 0 radical (unpaired) electrons. The maximum Gasteiger partial charge on any atom is 0.140 e. The second kappa shape index (κ2) is 8.56. The van der Waals surface area contributed by atoms with Crippen molar-refractivity contribution in [2.24, 2.45) is 4.99 Å². The topological polar surface area (TPSA) is 56.4 Å². The van der Waals surface area contributed by atoms with Crippen molar-refractivity contribution in [1.82, 2.24) is 0 Å². The van der Waals surface area contributed by atoms with Gasteiger partial charge in [0.05, 0.1) is 18.4 Å². The molecule has 0 aliphatic rings. The predicted octanol–water partition coefficient (Wildman–Crippen LogP) is 3.35. The van der Waals surface area contributed by atoms with Crippen LogP contribution in [0.2, 0.25) is 0 Å². The molecule has 2 aromatic rings. The minimum atomic E-state index is -0.474. The van der Waals surface area contributed by atoms with Gasteiger partial charge in [0.2, 0.25) is 0 Å². The van der Waals surface area contributed by atoms with E-state index in [1.165, 1.54) is 0 Å². The minimum absolute atomic E-state index is 0.0217. The van der Waals surface area contributed by atoms with Crippen molar-refractivity contribution in [3.8, 4) is 6.07 Å². The average Bonchev–Trinajstić information content (AvgIpc) is 2.59. The molecule has 22 heavy (non-hydrogen) atoms. The third kappa shape index (κ3) is 4.41. The quantitative estimate of drug-likeness (QED) is 0.655. The van der Waals surface area contributed by atoms with Gasteiger partial charge in [-0.15, -0.1) is 0 Å². The number of rotatable bonds is 6. The zero-order chi connectivity index (χ0) is 15.6. The lowest BCUT2D eigenvalue weighted by molar-refractivity contribution is 0.342. The summed E-state index contributed by atoms with van der Waals surface area (Å²) in [6.45, 7) is -0.0217. The van der Waals surface area contributed by atoms with E-state index in [2.05, 4.69) is 11.1 Å². The average molecular weight is 290 g/mol. The number of nitrogens with zero attached hydrogens (tertiary/aromatic N) is 2. The third-order valence-electron chi connectivity index (χ3n) is 3.16. The number of benzene rings is 2. The molecule has 2 aromatic carbocycles. The van der Waals surface area contributed by atoms with E-state index in [0.29, 0.717) is 6.42 Å². The van der Waals surface area contributed by atoms with Crippen LogP contribution in [0.5, 0.6) is 0 Å². The summed E-state index contributed by atoms with van der Waals surface area (Å²) in [5, 5.41) is 18.1. The van der Waals surface area contributed by atoms with E-state index >= 15 is 0 Å². The molecule has 0 spiro atoms. The maximum atomic E-state index is 9.31. The monoisotopic (exact) mass is 290 g/mol. The van der Waals surface area contributed by atoms with E-state index in [-0.39, 0.29) is 6.61 Å². The summed E-state index contributed by atoms with van der Waals surface area (Å²) >= 11 is 0. The number of aliphatic hydroxyl groups is 1. The Bertz CT molecular complexity index is 628. The molecule has 0 aliphatic heterocycles. The van der Waals surface area contributed by atoms with Gasteiger partial charge in [-0.3, -0.25) is 4.99 Å². The van der Waals surface area contributed by atoms with Gasteiger partial charge in [0.25, 0.3) is 0 Å². The van der Waals surface area contributed by atoms with Crippen LogP contribution in [0, 0.1) is 11.3 Å². The Kier molecular flexibility index (Phi) is 6.10. The largest absolute Gasteiger partial charge is 0.392 e. The Hall–Kier alpha value is -2.70. The highest BCUT2D eigenvalue weighted by atomic mass is 16.2. The first-order chi connectivity index (χ1) is 10.8. The minimum Gasteiger partial charge on any atom is -0.392 e. The van der Waals surface area contributed by atoms with Crippen LogP contribution < -0.4 is 0 Å². The highest BCUT2D eigenvalue weighted by molar-refractivity contribution is 6.13. The van der Waals surface area contributed by atoms with E-state index < -0.39 is 6.04 Å². The van der Waals surface area contributed by atoms with Crippen molar-refractivity contribution < 1.29 is 5.11 Å². The van der Waals surface area contributed by atoms with Crippen LogP contribution in [-0.4, -0.2) is 23.5 Å². The summed E-state index contributed by atoms with van der Waals surface area (Å²) < 4.78 is 0. The Morgan fingerprint density at radius 3 is 2.00 bits per heavy atom. The van der Waals surface area contributed by atoms with Gasteiger partial charge >= 0.3 is 0 Å². The maximum absolute atomic E-state index is 9.31. The van der Waals surface area contributed by atoms with Gasteiger partial charge in [-0.25, -0.2) is 0 Å². The lowest BCUT2D eigenvalue weighted by atomic mass is 10.0. The van der Waals surface area contributed by atoms with Gasteiger partial charge in [-0.1, -0.05) is 72.8 Å². The molecule has 0 heterocycles. The van der Waals surface area contributed by atoms with Crippen LogP contribution in [0.25, 0.3) is 0 Å². The van der Waals surface area contributed by atoms with Crippen molar-refractivity contribution in [3.05, 3.63) is 83.9 Å². The lowest BCUT2D eigenvalue weighted by Crippen LogP contribution is -2.09. The SMILES string of the molecule is N#CC(C/C=C/CO)N=C(c1ccccc1)c1ccccc1. The molecule has 0 saturated heterocycles. The predicted molar refractivity (Wildman–Crippen MR) is 88.8 cm³/mol. The van der Waals surface area contributed by atoms with E-state index in [1.54, 1.807) is 12.2 Å². The summed E-state index contributed by atoms with van der Waals surface area (Å²) in [6.07, 6.45) is 3.90. The molecule has 2 rings (SSSR count). The second-order valence-corrected chi connectivity index (χ2v) is 4.74. The first-order valence-corrected chi connectivity index (χ1v) is 7.19. The molecule has 1 N–H and O–H groups in total. The van der Waals surface area contributed by atoms with Crippen LogP contribution >= 0.6 is 0 Å². The molecule has 0 aromatic heterocycles. The van der Waals surface area contributed by atoms with Gasteiger partial charge in [0.15, 0.2) is 0 Å². The first kappa shape index (κ1) is 15.7. The van der Waals surface area contributed by atoms with Crippen molar-refractivity contribution >= 4 is 5.71 Å². The van der Waals surface area contributed by atoms with Gasteiger partial charge in [-0.2, -0.15) is 5.26 Å². The highest BCUT2D eigenvalue weighted by Gasteiger charge is 2.10. The number of hydrogen-bond donors (Lipinski definition) is 1. The zero-order valence-electron chi connectivity index (χ0n) is 12.3. The Morgan fingerprint density at radius 2 is 1.55 bits per heavy atom. The summed E-state index contributed by atoms with van der Waals surface area (Å²) in [5.41, 5.74) is 2.78. The molecular formula is C19H18N2O. The Balaban J connectivity index is 2.38. The first-order valence-electron chi connectivity index (χ1n) is 7.19. The standard InChI is InChI=1S/C19H18N2O/c20-15-18(13-7-8-14-22)21-19(16-9-3-1-4-10-16)17-11-5-2-6-12-17/h1-12,18,22H,13-14H2/b8-7+. The molecule has 3 nitrogen and oxygen atoms in total. The number of nitriles is 1. The van der Waals surface area contributed by atoms with E-state index in [0.717, 1.165) is 16.8 Å². The van der Waals surface area contributed by atoms with E-state index in [9.17, 15) is 5.26 Å². The van der Waals surface area contributed by atoms with E-state index in [4.69, 9.17) is 5.11 Å². The zero-order valence-corrected chi connectivity index (χ0v) is 12.3. The molecule has 3 heteroatoms. The molecule has 110 valence electrons. The van der Waals surface area contributed by atoms with Gasteiger partial charge in [0.1, 0.15) is 6.04 Å². The van der Waals surface area contributed by atoms with Crippen LogP contribution in [0.4, 0.5) is 0 Å². The fourth-order valence-electron chi connectivity index (χ4n) is 2.10. The molecule has 0 aliphatic carbocycles. The van der Waals surface area contributed by atoms with E-state index in [1.807, 2.05) is 60.7 Å². The molecule has 0 bridgehead atoms. The van der Waals surface area contributed by atoms with Crippen molar-refractivity contribution in [2.45, 2.75) is 12.5 Å². The van der Waals surface area contributed by atoms with Gasteiger partial charge < -0.3 is 5.11 Å². The molecular weight excluding hydrogens is 272 g/mol. The normalized spacial score (nSPS) is 11.8. The molecule has 0 amide bonds. The fraction of sp³-hybridized carbons (Fsp3) is 0.158. The number of aliphatic hydroxyl groups excluding tert-OH is 1. The van der Waals surface area contributed by atoms with Crippen molar-refractivity contribution in [2.75, 3.05) is 6.61 Å². The number of hydrogen-bond acceptors (Lipinski definition) is 3. The summed E-state index contributed by atoms with van der Waals surface area (Å²) in [7, 11) is 0. The van der Waals surface area contributed by atoms with Crippen LogP contribution in [0.15, 0.2) is 77.8 Å². The van der Waals surface area contributed by atoms with Gasteiger partial charge in [-0.05, 0) is 0 Å². The second-order valence-electron chi connectivity index (χ2n) is 4.74. The van der Waals surface area contributed by atoms with Gasteiger partial charge in [0, 0.05) is 17.5 Å². The summed E-state index contributed by atoms with van der Waals surface area (Å²) in [5.74, 6) is 0. The highest BCUT2D eigenvalue weighted by Crippen LogP contribution is 2.13. The smallest absolute Gasteiger partial charge is 0.140 e. The molecule has 1 unspecified atom stereocenters. The fourth-order valence-corrected chi connectivity index (χ4v) is 2.10. The molecule has 0 saturated carbocycles. The van der Waals surface area contributed by atoms with Crippen molar-refractivity contribution in [3.63, 3.8) is 0 Å². The van der Waals surface area contributed by atoms with Crippen molar-refractivity contribution in [1.29, 1.82) is 5.26 Å². The molecule has 0 fully saturated rings. The molecule has 1 atom stereocenters. The lowest BCUT2D eigenvalue weighted by Gasteiger charge is -2.09. The summed E-state index contributed by atoms with van der Waals surface area (Å²) in [4.78, 5) is 4.63. The van der Waals surface area contributed by atoms with Crippen LogP contribution in [-0.2, 0) is 0 Å².